The lowest BCUT2D eigenvalue weighted by atomic mass is 10.1. The minimum atomic E-state index is -4.50. The van der Waals surface area contributed by atoms with Crippen molar-refractivity contribution in [1.29, 1.82) is 5.26 Å². The highest BCUT2D eigenvalue weighted by Gasteiger charge is 2.31. The van der Waals surface area contributed by atoms with E-state index in [1.54, 1.807) is 27.0 Å². The smallest absolute Gasteiger partial charge is 0.364 e. The second-order valence-corrected chi connectivity index (χ2v) is 4.92. The average Bonchev–Trinajstić information content (AvgIpc) is 2.35. The zero-order valence-electron chi connectivity index (χ0n) is 12.0. The number of halogens is 3. The van der Waals surface area contributed by atoms with E-state index in [9.17, 15) is 18.0 Å². The molecule has 0 fully saturated rings. The van der Waals surface area contributed by atoms with Gasteiger partial charge in [0, 0.05) is 13.1 Å². The zero-order chi connectivity index (χ0) is 16.2. The molecule has 0 atom stereocenters. The Morgan fingerprint density at radius 3 is 2.52 bits per heavy atom. The first kappa shape index (κ1) is 16.8. The molecule has 114 valence electrons. The van der Waals surface area contributed by atoms with Gasteiger partial charge in [-0.1, -0.05) is 0 Å². The molecule has 0 bridgehead atoms. The van der Waals surface area contributed by atoms with Crippen molar-refractivity contribution < 1.29 is 18.0 Å². The van der Waals surface area contributed by atoms with Gasteiger partial charge in [0.05, 0.1) is 23.4 Å². The molecule has 1 N–H and O–H groups in total. The molecule has 1 amide bonds. The maximum atomic E-state index is 12.6. The summed E-state index contributed by atoms with van der Waals surface area (Å²) in [5.74, 6) is -0.267. The lowest BCUT2D eigenvalue weighted by Gasteiger charge is -2.21. The highest BCUT2D eigenvalue weighted by atomic mass is 19.4. The van der Waals surface area contributed by atoms with Crippen molar-refractivity contribution in [3.05, 3.63) is 29.3 Å². The van der Waals surface area contributed by atoms with Gasteiger partial charge in [-0.2, -0.15) is 18.4 Å². The van der Waals surface area contributed by atoms with Crippen LogP contribution in [0.4, 0.5) is 18.9 Å². The molecule has 0 aliphatic carbocycles. The molecule has 0 saturated carbocycles. The molecule has 4 nitrogen and oxygen atoms in total. The summed E-state index contributed by atoms with van der Waals surface area (Å²) < 4.78 is 37.8. The van der Waals surface area contributed by atoms with Gasteiger partial charge in [0.25, 0.3) is 0 Å². The molecular formula is C14H16F3N3O. The minimum absolute atomic E-state index is 0.0334. The molecule has 0 aromatic heterocycles. The molecule has 0 spiro atoms. The van der Waals surface area contributed by atoms with Crippen LogP contribution in [0.2, 0.25) is 0 Å². The van der Waals surface area contributed by atoms with E-state index in [0.717, 1.165) is 12.1 Å². The molecule has 0 unspecified atom stereocenters. The number of hydrogen-bond acceptors (Lipinski definition) is 3. The van der Waals surface area contributed by atoms with E-state index >= 15 is 0 Å². The Hall–Kier alpha value is -2.23. The Bertz CT molecular complexity index is 562. The van der Waals surface area contributed by atoms with Gasteiger partial charge in [-0.25, -0.2) is 0 Å². The van der Waals surface area contributed by atoms with E-state index in [2.05, 4.69) is 5.32 Å². The van der Waals surface area contributed by atoms with Crippen LogP contribution in [0.25, 0.3) is 0 Å². The summed E-state index contributed by atoms with van der Waals surface area (Å²) in [7, 11) is 1.54. The standard InChI is InChI=1S/C14H16F3N3O/c1-9(2)19-13(21)8-20(3)12-5-4-11(14(15,16)17)6-10(12)7-18/h4-6,9H,8H2,1-3H3,(H,19,21). The topological polar surface area (TPSA) is 56.1 Å². The predicted octanol–water partition coefficient (Wildman–Crippen LogP) is 2.54. The maximum absolute atomic E-state index is 12.6. The first-order valence-corrected chi connectivity index (χ1v) is 6.27. The summed E-state index contributed by atoms with van der Waals surface area (Å²) in [6.07, 6.45) is -4.50. The maximum Gasteiger partial charge on any atom is 0.416 e. The number of likely N-dealkylation sites (N-methyl/N-ethyl adjacent to an activating group) is 1. The van der Waals surface area contributed by atoms with Crippen LogP contribution >= 0.6 is 0 Å². The number of rotatable bonds is 4. The van der Waals surface area contributed by atoms with Gasteiger partial charge in [-0.15, -0.1) is 0 Å². The molecule has 1 aromatic carbocycles. The van der Waals surface area contributed by atoms with Crippen molar-refractivity contribution in [2.24, 2.45) is 0 Å². The Labute approximate surface area is 121 Å². The second-order valence-electron chi connectivity index (χ2n) is 4.92. The van der Waals surface area contributed by atoms with Crippen LogP contribution in [0.1, 0.15) is 25.0 Å². The van der Waals surface area contributed by atoms with E-state index in [1.165, 1.54) is 11.0 Å². The number of hydrogen-bond donors (Lipinski definition) is 1. The van der Waals surface area contributed by atoms with Crippen LogP contribution in [0.15, 0.2) is 18.2 Å². The quantitative estimate of drug-likeness (QED) is 0.929. The zero-order valence-corrected chi connectivity index (χ0v) is 12.0. The van der Waals surface area contributed by atoms with Gasteiger partial charge in [0.15, 0.2) is 0 Å². The Morgan fingerprint density at radius 1 is 1.43 bits per heavy atom. The van der Waals surface area contributed by atoms with Crippen LogP contribution in [0.3, 0.4) is 0 Å². The van der Waals surface area contributed by atoms with E-state index in [1.807, 2.05) is 0 Å². The van der Waals surface area contributed by atoms with Gasteiger partial charge >= 0.3 is 6.18 Å². The number of amides is 1. The van der Waals surface area contributed by atoms with E-state index in [4.69, 9.17) is 5.26 Å². The number of nitrogens with one attached hydrogen (secondary N) is 1. The average molecular weight is 299 g/mol. The number of alkyl halides is 3. The van der Waals surface area contributed by atoms with Crippen molar-refractivity contribution in [1.82, 2.24) is 5.32 Å². The number of nitriles is 1. The fourth-order valence-corrected chi connectivity index (χ4v) is 1.80. The third kappa shape index (κ3) is 4.67. The molecule has 1 aromatic rings. The van der Waals surface area contributed by atoms with E-state index in [0.29, 0.717) is 0 Å². The molecule has 7 heteroatoms. The first-order valence-electron chi connectivity index (χ1n) is 6.27. The number of carbonyl (C=O) groups excluding carboxylic acids is 1. The van der Waals surface area contributed by atoms with Crippen molar-refractivity contribution in [3.63, 3.8) is 0 Å². The molecule has 0 saturated heterocycles. The Morgan fingerprint density at radius 2 is 2.05 bits per heavy atom. The van der Waals surface area contributed by atoms with Gasteiger partial charge in [0.1, 0.15) is 6.07 Å². The summed E-state index contributed by atoms with van der Waals surface area (Å²) in [5.41, 5.74) is -0.725. The number of anilines is 1. The molecule has 1 rings (SSSR count). The van der Waals surface area contributed by atoms with Crippen LogP contribution in [0.5, 0.6) is 0 Å². The fourth-order valence-electron chi connectivity index (χ4n) is 1.80. The molecule has 0 radical (unpaired) electrons. The van der Waals surface area contributed by atoms with Crippen LogP contribution in [0, 0.1) is 11.3 Å². The van der Waals surface area contributed by atoms with Crippen molar-refractivity contribution in [2.45, 2.75) is 26.1 Å². The number of carbonyl (C=O) groups is 1. The monoisotopic (exact) mass is 299 g/mol. The molecular weight excluding hydrogens is 283 g/mol. The van der Waals surface area contributed by atoms with E-state index in [-0.39, 0.29) is 29.7 Å². The van der Waals surface area contributed by atoms with Crippen LogP contribution in [-0.4, -0.2) is 25.5 Å². The SMILES string of the molecule is CC(C)NC(=O)CN(C)c1ccc(C(F)(F)F)cc1C#N. The third-order valence-electron chi connectivity index (χ3n) is 2.69. The highest BCUT2D eigenvalue weighted by molar-refractivity contribution is 5.82. The van der Waals surface area contributed by atoms with Crippen molar-refractivity contribution in [2.75, 3.05) is 18.5 Å². The Kier molecular flexibility index (Phi) is 5.19. The van der Waals surface area contributed by atoms with E-state index < -0.39 is 11.7 Å². The largest absolute Gasteiger partial charge is 0.416 e. The van der Waals surface area contributed by atoms with Gasteiger partial charge < -0.3 is 10.2 Å². The molecule has 0 heterocycles. The van der Waals surface area contributed by atoms with Gasteiger partial charge in [0.2, 0.25) is 5.91 Å². The van der Waals surface area contributed by atoms with Crippen LogP contribution in [-0.2, 0) is 11.0 Å². The third-order valence-corrected chi connectivity index (χ3v) is 2.69. The first-order chi connectivity index (χ1) is 9.65. The van der Waals surface area contributed by atoms with Crippen molar-refractivity contribution >= 4 is 11.6 Å². The summed E-state index contributed by atoms with van der Waals surface area (Å²) in [6, 6.07) is 4.57. The van der Waals surface area contributed by atoms with Crippen molar-refractivity contribution in [3.8, 4) is 6.07 Å². The van der Waals surface area contributed by atoms with Crippen LogP contribution < -0.4 is 10.2 Å². The number of benzene rings is 1. The highest BCUT2D eigenvalue weighted by Crippen LogP contribution is 2.32. The summed E-state index contributed by atoms with van der Waals surface area (Å²) in [6.45, 7) is 3.56. The number of nitrogens with zero attached hydrogens (tertiary/aromatic N) is 2. The molecule has 0 aliphatic heterocycles. The normalized spacial score (nSPS) is 11.1. The summed E-state index contributed by atoms with van der Waals surface area (Å²) in [5, 5.41) is 11.7. The fraction of sp³-hybridized carbons (Fsp3) is 0.429. The molecule has 0 aliphatic rings. The minimum Gasteiger partial charge on any atom is -0.364 e. The molecule has 21 heavy (non-hydrogen) atoms. The lowest BCUT2D eigenvalue weighted by molar-refractivity contribution is -0.137. The van der Waals surface area contributed by atoms with Gasteiger partial charge in [-0.05, 0) is 32.0 Å². The lowest BCUT2D eigenvalue weighted by Crippen LogP contribution is -2.38. The Balaban J connectivity index is 2.98. The predicted molar refractivity (Wildman–Crippen MR) is 72.7 cm³/mol. The summed E-state index contributed by atoms with van der Waals surface area (Å²) >= 11 is 0. The summed E-state index contributed by atoms with van der Waals surface area (Å²) in [4.78, 5) is 13.1. The van der Waals surface area contributed by atoms with Gasteiger partial charge in [-0.3, -0.25) is 4.79 Å². The second kappa shape index (κ2) is 6.48.